The monoisotopic (exact) mass is 359 g/mol. The summed E-state index contributed by atoms with van der Waals surface area (Å²) in [5, 5.41) is 0. The van der Waals surface area contributed by atoms with Crippen LogP contribution in [0.25, 0.3) is 0 Å². The fourth-order valence-electron chi connectivity index (χ4n) is 3.14. The van der Waals surface area contributed by atoms with Crippen LogP contribution in [-0.2, 0) is 10.9 Å². The van der Waals surface area contributed by atoms with Crippen molar-refractivity contribution in [3.8, 4) is 0 Å². The van der Waals surface area contributed by atoms with Crippen LogP contribution in [0.15, 0.2) is 6.07 Å². The van der Waals surface area contributed by atoms with Gasteiger partial charge in [-0.2, -0.15) is 18.2 Å². The fourth-order valence-corrected chi connectivity index (χ4v) is 3.14. The Morgan fingerprint density at radius 1 is 1.20 bits per heavy atom. The highest BCUT2D eigenvalue weighted by molar-refractivity contribution is 5.45. The Labute approximate surface area is 145 Å². The molecule has 1 unspecified atom stereocenters. The van der Waals surface area contributed by atoms with Gasteiger partial charge in [0.05, 0.1) is 6.10 Å². The Hall–Kier alpha value is -1.61. The average Bonchev–Trinajstić information content (AvgIpc) is 3.07. The number of anilines is 2. The molecule has 0 saturated carbocycles. The maximum absolute atomic E-state index is 13.1. The second kappa shape index (κ2) is 7.33. The first kappa shape index (κ1) is 18.2. The second-order valence-corrected chi connectivity index (χ2v) is 6.73. The molecule has 9 heteroatoms. The maximum atomic E-state index is 13.1. The van der Waals surface area contributed by atoms with E-state index in [4.69, 9.17) is 4.74 Å². The molecular weight excluding hydrogens is 335 g/mol. The van der Waals surface area contributed by atoms with Crippen LogP contribution in [-0.4, -0.2) is 74.4 Å². The van der Waals surface area contributed by atoms with Crippen LogP contribution in [0.1, 0.15) is 18.5 Å². The molecule has 1 atom stereocenters. The van der Waals surface area contributed by atoms with Gasteiger partial charge in [-0.25, -0.2) is 4.98 Å². The highest BCUT2D eigenvalue weighted by Gasteiger charge is 2.35. The Kier molecular flexibility index (Phi) is 5.33. The summed E-state index contributed by atoms with van der Waals surface area (Å²) in [7, 11) is 3.34. The van der Waals surface area contributed by atoms with Crippen molar-refractivity contribution in [2.24, 2.45) is 0 Å². The van der Waals surface area contributed by atoms with Crippen LogP contribution in [0.4, 0.5) is 24.9 Å². The SMILES string of the molecule is CN(C)c1cc(C(F)(F)F)nc(N2CCN(CC3CCCO3)CC2)n1. The molecule has 0 amide bonds. The highest BCUT2D eigenvalue weighted by atomic mass is 19.4. The molecule has 3 heterocycles. The molecule has 2 saturated heterocycles. The van der Waals surface area contributed by atoms with E-state index in [1.807, 2.05) is 4.90 Å². The molecule has 6 nitrogen and oxygen atoms in total. The van der Waals surface area contributed by atoms with E-state index < -0.39 is 11.9 Å². The van der Waals surface area contributed by atoms with E-state index in [2.05, 4.69) is 14.9 Å². The molecule has 0 spiro atoms. The first-order valence-corrected chi connectivity index (χ1v) is 8.55. The summed E-state index contributed by atoms with van der Waals surface area (Å²) in [5.41, 5.74) is -0.900. The minimum Gasteiger partial charge on any atom is -0.377 e. The van der Waals surface area contributed by atoms with Crippen molar-refractivity contribution in [1.82, 2.24) is 14.9 Å². The molecule has 0 radical (unpaired) electrons. The molecular formula is C16H24F3N5O. The third kappa shape index (κ3) is 4.52. The molecule has 3 rings (SSSR count). The second-order valence-electron chi connectivity index (χ2n) is 6.73. The van der Waals surface area contributed by atoms with Crippen molar-refractivity contribution >= 4 is 11.8 Å². The predicted octanol–water partition coefficient (Wildman–Crippen LogP) is 1.86. The molecule has 0 N–H and O–H groups in total. The van der Waals surface area contributed by atoms with E-state index in [1.165, 1.54) is 0 Å². The number of hydrogen-bond acceptors (Lipinski definition) is 6. The van der Waals surface area contributed by atoms with Crippen molar-refractivity contribution in [2.75, 3.05) is 63.2 Å². The number of halogens is 3. The zero-order valence-electron chi connectivity index (χ0n) is 14.6. The lowest BCUT2D eigenvalue weighted by Crippen LogP contribution is -2.49. The topological polar surface area (TPSA) is 44.7 Å². The smallest absolute Gasteiger partial charge is 0.377 e. The molecule has 2 aliphatic heterocycles. The van der Waals surface area contributed by atoms with E-state index in [-0.39, 0.29) is 17.9 Å². The summed E-state index contributed by atoms with van der Waals surface area (Å²) in [6.45, 7) is 4.49. The average molecular weight is 359 g/mol. The van der Waals surface area contributed by atoms with Gasteiger partial charge in [0, 0.05) is 59.5 Å². The Morgan fingerprint density at radius 2 is 1.92 bits per heavy atom. The first-order valence-electron chi connectivity index (χ1n) is 8.55. The van der Waals surface area contributed by atoms with Crippen LogP contribution >= 0.6 is 0 Å². The molecule has 25 heavy (non-hydrogen) atoms. The van der Waals surface area contributed by atoms with Crippen LogP contribution < -0.4 is 9.80 Å². The van der Waals surface area contributed by atoms with E-state index in [0.717, 1.165) is 45.1 Å². The van der Waals surface area contributed by atoms with Crippen molar-refractivity contribution in [3.05, 3.63) is 11.8 Å². The van der Waals surface area contributed by atoms with Crippen LogP contribution in [0.3, 0.4) is 0 Å². The van der Waals surface area contributed by atoms with Crippen LogP contribution in [0.5, 0.6) is 0 Å². The third-order valence-corrected chi connectivity index (χ3v) is 4.59. The zero-order chi connectivity index (χ0) is 18.0. The predicted molar refractivity (Wildman–Crippen MR) is 89.0 cm³/mol. The number of rotatable bonds is 4. The van der Waals surface area contributed by atoms with Crippen molar-refractivity contribution in [3.63, 3.8) is 0 Å². The van der Waals surface area contributed by atoms with Gasteiger partial charge in [-0.15, -0.1) is 0 Å². The van der Waals surface area contributed by atoms with Gasteiger partial charge >= 0.3 is 6.18 Å². The molecule has 140 valence electrons. The van der Waals surface area contributed by atoms with Gasteiger partial charge in [-0.05, 0) is 12.8 Å². The summed E-state index contributed by atoms with van der Waals surface area (Å²) >= 11 is 0. The molecule has 0 bridgehead atoms. The summed E-state index contributed by atoms with van der Waals surface area (Å²) in [6, 6.07) is 0.983. The minimum atomic E-state index is -4.48. The number of nitrogens with zero attached hydrogens (tertiary/aromatic N) is 5. The van der Waals surface area contributed by atoms with E-state index >= 15 is 0 Å². The largest absolute Gasteiger partial charge is 0.433 e. The highest BCUT2D eigenvalue weighted by Crippen LogP contribution is 2.31. The lowest BCUT2D eigenvalue weighted by atomic mass is 10.2. The molecule has 2 aliphatic rings. The van der Waals surface area contributed by atoms with Crippen molar-refractivity contribution in [1.29, 1.82) is 0 Å². The lowest BCUT2D eigenvalue weighted by Gasteiger charge is -2.36. The van der Waals surface area contributed by atoms with Gasteiger partial charge in [0.1, 0.15) is 5.82 Å². The normalized spacial score (nSPS) is 22.4. The summed E-state index contributed by atoms with van der Waals surface area (Å²) in [5.74, 6) is 0.411. The Balaban J connectivity index is 1.68. The third-order valence-electron chi connectivity index (χ3n) is 4.59. The van der Waals surface area contributed by atoms with E-state index in [0.29, 0.717) is 13.1 Å². The van der Waals surface area contributed by atoms with Gasteiger partial charge in [-0.1, -0.05) is 0 Å². The lowest BCUT2D eigenvalue weighted by molar-refractivity contribution is -0.141. The Bertz CT molecular complexity index is 582. The first-order chi connectivity index (χ1) is 11.8. The quantitative estimate of drug-likeness (QED) is 0.818. The minimum absolute atomic E-state index is 0.148. The van der Waals surface area contributed by atoms with E-state index in [1.54, 1.807) is 19.0 Å². The number of alkyl halides is 3. The molecule has 0 aromatic carbocycles. The zero-order valence-corrected chi connectivity index (χ0v) is 14.6. The summed E-state index contributed by atoms with van der Waals surface area (Å²) < 4.78 is 45.0. The molecule has 1 aromatic heterocycles. The maximum Gasteiger partial charge on any atom is 0.433 e. The molecule has 2 fully saturated rings. The number of aromatic nitrogens is 2. The van der Waals surface area contributed by atoms with Gasteiger partial charge < -0.3 is 14.5 Å². The molecule has 1 aromatic rings. The van der Waals surface area contributed by atoms with Gasteiger partial charge in [0.15, 0.2) is 5.69 Å². The molecule has 0 aliphatic carbocycles. The number of hydrogen-bond donors (Lipinski definition) is 0. The van der Waals surface area contributed by atoms with E-state index in [9.17, 15) is 13.2 Å². The fraction of sp³-hybridized carbons (Fsp3) is 0.750. The van der Waals surface area contributed by atoms with Crippen LogP contribution in [0.2, 0.25) is 0 Å². The number of piperazine rings is 1. The summed E-state index contributed by atoms with van der Waals surface area (Å²) in [4.78, 5) is 13.7. The van der Waals surface area contributed by atoms with Gasteiger partial charge in [0.25, 0.3) is 0 Å². The van der Waals surface area contributed by atoms with Gasteiger partial charge in [0.2, 0.25) is 5.95 Å². The Morgan fingerprint density at radius 3 is 2.48 bits per heavy atom. The standard InChI is InChI=1S/C16H24F3N5O/c1-22(2)14-10-13(16(17,18)19)20-15(21-14)24-7-5-23(6-8-24)11-12-4-3-9-25-12/h10,12H,3-9,11H2,1-2H3. The summed E-state index contributed by atoms with van der Waals surface area (Å²) in [6.07, 6.45) is -2.00. The van der Waals surface area contributed by atoms with Crippen LogP contribution in [0, 0.1) is 0 Å². The number of ether oxygens (including phenoxy) is 1. The van der Waals surface area contributed by atoms with Gasteiger partial charge in [-0.3, -0.25) is 4.90 Å². The van der Waals surface area contributed by atoms with Crippen molar-refractivity contribution < 1.29 is 17.9 Å². The van der Waals surface area contributed by atoms with Crippen molar-refractivity contribution in [2.45, 2.75) is 25.1 Å².